The van der Waals surface area contributed by atoms with Crippen LogP contribution in [0.4, 0.5) is 0 Å². The average Bonchev–Trinajstić information content (AvgIpc) is 2.23. The van der Waals surface area contributed by atoms with Gasteiger partial charge in [0.1, 0.15) is 0 Å². The molecule has 90 valence electrons. The Hall–Kier alpha value is 0.310. The molecule has 1 N–H and O–H groups in total. The van der Waals surface area contributed by atoms with Crippen LogP contribution in [0, 0.1) is 11.8 Å². The molecule has 0 saturated heterocycles. The van der Waals surface area contributed by atoms with Crippen LogP contribution in [0.15, 0.2) is 0 Å². The maximum absolute atomic E-state index is 4.18. The summed E-state index contributed by atoms with van der Waals surface area (Å²) in [6.07, 6.45) is 10.2. The van der Waals surface area contributed by atoms with Crippen LogP contribution in [0.25, 0.3) is 0 Å². The normalized spacial score (nSPS) is 26.8. The monoisotopic (exact) mass is 229 g/mol. The lowest BCUT2D eigenvalue weighted by Crippen LogP contribution is -2.18. The summed E-state index contributed by atoms with van der Waals surface area (Å²) in [5.41, 5.74) is 0. The van der Waals surface area contributed by atoms with Gasteiger partial charge in [0.25, 0.3) is 0 Å². The molecule has 15 heavy (non-hydrogen) atoms. The van der Waals surface area contributed by atoms with Crippen molar-refractivity contribution in [1.82, 2.24) is 5.32 Å². The molecule has 1 fully saturated rings. The first kappa shape index (κ1) is 13.4. The predicted molar refractivity (Wildman–Crippen MR) is 71.7 cm³/mol. The Morgan fingerprint density at radius 1 is 1.20 bits per heavy atom. The number of rotatable bonds is 7. The highest BCUT2D eigenvalue weighted by atomic mass is 32.1. The minimum Gasteiger partial charge on any atom is -0.316 e. The fourth-order valence-corrected chi connectivity index (χ4v) is 2.87. The van der Waals surface area contributed by atoms with Crippen LogP contribution in [-0.4, -0.2) is 18.8 Å². The van der Waals surface area contributed by atoms with Crippen molar-refractivity contribution < 1.29 is 0 Å². The Bertz CT molecular complexity index is 149. The molecule has 2 atom stereocenters. The van der Waals surface area contributed by atoms with Crippen LogP contribution in [0.1, 0.15) is 51.9 Å². The molecule has 0 aromatic heterocycles. The van der Waals surface area contributed by atoms with E-state index in [1.54, 1.807) is 0 Å². The summed E-state index contributed by atoms with van der Waals surface area (Å²) in [7, 11) is 0. The first-order valence-electron chi connectivity index (χ1n) is 6.64. The second-order valence-corrected chi connectivity index (χ2v) is 5.55. The predicted octanol–water partition coefficient (Wildman–Crippen LogP) is 3.50. The lowest BCUT2D eigenvalue weighted by molar-refractivity contribution is 0.264. The third kappa shape index (κ3) is 6.47. The van der Waals surface area contributed by atoms with Crippen molar-refractivity contribution in [2.24, 2.45) is 11.8 Å². The Labute approximate surface area is 101 Å². The van der Waals surface area contributed by atoms with Crippen molar-refractivity contribution >= 4 is 12.6 Å². The summed E-state index contributed by atoms with van der Waals surface area (Å²) in [5, 5.41) is 3.41. The Kier molecular flexibility index (Phi) is 7.54. The van der Waals surface area contributed by atoms with Gasteiger partial charge in [-0.1, -0.05) is 39.0 Å². The second-order valence-electron chi connectivity index (χ2n) is 5.11. The van der Waals surface area contributed by atoms with Gasteiger partial charge < -0.3 is 5.32 Å². The van der Waals surface area contributed by atoms with Gasteiger partial charge in [-0.2, -0.15) is 12.6 Å². The number of nitrogens with one attached hydrogen (secondary N) is 1. The van der Waals surface area contributed by atoms with Gasteiger partial charge in [0.15, 0.2) is 0 Å². The maximum atomic E-state index is 4.18. The van der Waals surface area contributed by atoms with Crippen molar-refractivity contribution in [1.29, 1.82) is 0 Å². The third-order valence-corrected chi connectivity index (χ3v) is 3.77. The minimum atomic E-state index is 0.958. The summed E-state index contributed by atoms with van der Waals surface area (Å²) in [6, 6.07) is 0. The van der Waals surface area contributed by atoms with Gasteiger partial charge in [-0.15, -0.1) is 0 Å². The number of unbranched alkanes of at least 4 members (excludes halogenated alkanes) is 1. The topological polar surface area (TPSA) is 12.0 Å². The van der Waals surface area contributed by atoms with Gasteiger partial charge in [-0.05, 0) is 31.2 Å². The van der Waals surface area contributed by atoms with E-state index < -0.39 is 0 Å². The van der Waals surface area contributed by atoms with Crippen LogP contribution in [0.3, 0.4) is 0 Å². The molecule has 0 unspecified atom stereocenters. The van der Waals surface area contributed by atoms with Crippen molar-refractivity contribution in [3.63, 3.8) is 0 Å². The van der Waals surface area contributed by atoms with Crippen LogP contribution in [-0.2, 0) is 0 Å². The number of thiol groups is 1. The summed E-state index contributed by atoms with van der Waals surface area (Å²) < 4.78 is 0. The van der Waals surface area contributed by atoms with Gasteiger partial charge in [0, 0.05) is 12.3 Å². The fraction of sp³-hybridized carbons (Fsp3) is 1.00. The molecule has 1 aliphatic rings. The number of hydrogen-bond acceptors (Lipinski definition) is 2. The minimum absolute atomic E-state index is 0.958. The largest absolute Gasteiger partial charge is 0.316 e. The molecule has 0 aromatic carbocycles. The van der Waals surface area contributed by atoms with Crippen molar-refractivity contribution in [3.8, 4) is 0 Å². The molecule has 1 saturated carbocycles. The second kappa shape index (κ2) is 8.46. The van der Waals surface area contributed by atoms with E-state index in [0.29, 0.717) is 0 Å². The standard InChI is InChI=1S/C13H27NS/c1-12-5-4-7-13(11-12)6-2-3-8-14-9-10-15/h12-15H,2-11H2,1H3/t12-,13+/m0/s1. The molecule has 1 nitrogen and oxygen atoms in total. The molecule has 0 amide bonds. The van der Waals surface area contributed by atoms with E-state index in [1.165, 1.54) is 51.5 Å². The van der Waals surface area contributed by atoms with E-state index in [9.17, 15) is 0 Å². The van der Waals surface area contributed by atoms with Crippen LogP contribution < -0.4 is 5.32 Å². The Morgan fingerprint density at radius 3 is 2.80 bits per heavy atom. The van der Waals surface area contributed by atoms with E-state index >= 15 is 0 Å². The van der Waals surface area contributed by atoms with Crippen molar-refractivity contribution in [2.75, 3.05) is 18.8 Å². The van der Waals surface area contributed by atoms with E-state index in [0.717, 1.165) is 24.1 Å². The van der Waals surface area contributed by atoms with Crippen molar-refractivity contribution in [3.05, 3.63) is 0 Å². The van der Waals surface area contributed by atoms with E-state index in [-0.39, 0.29) is 0 Å². The zero-order valence-electron chi connectivity index (χ0n) is 10.2. The molecule has 0 aliphatic heterocycles. The Balaban J connectivity index is 1.90. The van der Waals surface area contributed by atoms with Crippen LogP contribution >= 0.6 is 12.6 Å². The quantitative estimate of drug-likeness (QED) is 0.503. The molecule has 2 heteroatoms. The third-order valence-electron chi connectivity index (χ3n) is 3.55. The van der Waals surface area contributed by atoms with Gasteiger partial charge in [0.05, 0.1) is 0 Å². The molecule has 0 bridgehead atoms. The molecular formula is C13H27NS. The van der Waals surface area contributed by atoms with Crippen LogP contribution in [0.5, 0.6) is 0 Å². The van der Waals surface area contributed by atoms with Crippen LogP contribution in [0.2, 0.25) is 0 Å². The summed E-state index contributed by atoms with van der Waals surface area (Å²) in [4.78, 5) is 0. The molecule has 0 heterocycles. The Morgan fingerprint density at radius 2 is 2.07 bits per heavy atom. The SMILES string of the molecule is C[C@H]1CCC[C@@H](CCCCNCCS)C1. The average molecular weight is 229 g/mol. The van der Waals surface area contributed by atoms with Gasteiger partial charge >= 0.3 is 0 Å². The smallest absolute Gasteiger partial charge is 0.00397 e. The lowest BCUT2D eigenvalue weighted by atomic mass is 9.80. The fourth-order valence-electron chi connectivity index (χ4n) is 2.71. The molecule has 0 spiro atoms. The lowest BCUT2D eigenvalue weighted by Gasteiger charge is -2.26. The number of hydrogen-bond donors (Lipinski definition) is 2. The molecule has 0 radical (unpaired) electrons. The summed E-state index contributed by atoms with van der Waals surface area (Å²) in [5.74, 6) is 2.99. The maximum Gasteiger partial charge on any atom is 0.00397 e. The summed E-state index contributed by atoms with van der Waals surface area (Å²) in [6.45, 7) is 4.66. The first-order chi connectivity index (χ1) is 7.33. The van der Waals surface area contributed by atoms with Gasteiger partial charge in [-0.25, -0.2) is 0 Å². The van der Waals surface area contributed by atoms with Crippen molar-refractivity contribution in [2.45, 2.75) is 51.9 Å². The molecular weight excluding hydrogens is 202 g/mol. The zero-order valence-corrected chi connectivity index (χ0v) is 11.1. The highest BCUT2D eigenvalue weighted by Gasteiger charge is 2.17. The van der Waals surface area contributed by atoms with E-state index in [1.807, 2.05) is 0 Å². The molecule has 0 aromatic rings. The van der Waals surface area contributed by atoms with E-state index in [2.05, 4.69) is 24.9 Å². The first-order valence-corrected chi connectivity index (χ1v) is 7.27. The zero-order chi connectivity index (χ0) is 10.9. The molecule has 1 rings (SSSR count). The summed E-state index contributed by atoms with van der Waals surface area (Å²) >= 11 is 4.18. The van der Waals surface area contributed by atoms with Gasteiger partial charge in [-0.3, -0.25) is 0 Å². The highest BCUT2D eigenvalue weighted by Crippen LogP contribution is 2.31. The van der Waals surface area contributed by atoms with Gasteiger partial charge in [0.2, 0.25) is 0 Å². The highest BCUT2D eigenvalue weighted by molar-refractivity contribution is 7.80. The van der Waals surface area contributed by atoms with E-state index in [4.69, 9.17) is 0 Å². The molecule has 1 aliphatic carbocycles.